The first kappa shape index (κ1) is 19.3. The summed E-state index contributed by atoms with van der Waals surface area (Å²) < 4.78 is 11.4. The van der Waals surface area contributed by atoms with Crippen molar-refractivity contribution in [3.05, 3.63) is 48.3 Å². The summed E-state index contributed by atoms with van der Waals surface area (Å²) in [6, 6.07) is 13.1. The van der Waals surface area contributed by atoms with Crippen LogP contribution in [0.25, 0.3) is 33.1 Å². The minimum Gasteiger partial charge on any atom is -0.494 e. The van der Waals surface area contributed by atoms with Crippen LogP contribution in [-0.4, -0.2) is 64.4 Å². The Bertz CT molecular complexity index is 1290. The van der Waals surface area contributed by atoms with Crippen LogP contribution in [0.3, 0.4) is 0 Å². The molecule has 1 fully saturated rings. The minimum atomic E-state index is 0.00345. The monoisotopic (exact) mass is 415 g/mol. The van der Waals surface area contributed by atoms with Gasteiger partial charge in [0, 0.05) is 35.9 Å². The Balaban J connectivity index is 1.51. The molecule has 31 heavy (non-hydrogen) atoms. The van der Waals surface area contributed by atoms with E-state index in [2.05, 4.69) is 25.9 Å². The molecule has 0 aliphatic carbocycles. The number of nitriles is 1. The van der Waals surface area contributed by atoms with E-state index in [0.29, 0.717) is 34.7 Å². The molecule has 8 heteroatoms. The van der Waals surface area contributed by atoms with Crippen LogP contribution in [0.4, 0.5) is 0 Å². The quantitative estimate of drug-likeness (QED) is 0.516. The van der Waals surface area contributed by atoms with Crippen molar-refractivity contribution in [2.45, 2.75) is 0 Å². The van der Waals surface area contributed by atoms with Gasteiger partial charge in [-0.15, -0.1) is 0 Å². The van der Waals surface area contributed by atoms with Crippen molar-refractivity contribution in [1.29, 1.82) is 5.26 Å². The first-order chi connectivity index (χ1) is 15.2. The SMILES string of the molecule is N#Cc1ccc2[nH]c(O)c(-c3ncnc4c(OCCN5CCOCC5)cccc34)c2c1. The fraction of sp³-hybridized carbons (Fsp3) is 0.261. The largest absolute Gasteiger partial charge is 0.494 e. The number of ether oxygens (including phenoxy) is 2. The summed E-state index contributed by atoms with van der Waals surface area (Å²) in [6.07, 6.45) is 1.47. The van der Waals surface area contributed by atoms with Crippen LogP contribution in [0.15, 0.2) is 42.7 Å². The Morgan fingerprint density at radius 1 is 1.16 bits per heavy atom. The Morgan fingerprint density at radius 2 is 2.03 bits per heavy atom. The molecule has 2 aromatic heterocycles. The normalized spacial score (nSPS) is 14.7. The highest BCUT2D eigenvalue weighted by Crippen LogP contribution is 2.40. The Labute approximate surface area is 178 Å². The molecule has 1 aliphatic rings. The standard InChI is InChI=1S/C23H21N5O3/c24-13-15-4-5-18-17(12-15)20(23(29)27-18)22-16-2-1-3-19(21(16)25-14-26-22)31-11-8-28-6-9-30-10-7-28/h1-5,12,14,27,29H,6-11H2. The van der Waals surface area contributed by atoms with Gasteiger partial charge in [-0.25, -0.2) is 9.97 Å². The van der Waals surface area contributed by atoms with Gasteiger partial charge in [-0.3, -0.25) is 4.90 Å². The Morgan fingerprint density at radius 3 is 2.87 bits per heavy atom. The average Bonchev–Trinajstić information content (AvgIpc) is 3.14. The first-order valence-corrected chi connectivity index (χ1v) is 10.2. The number of rotatable bonds is 5. The lowest BCUT2D eigenvalue weighted by Gasteiger charge is -2.26. The number of benzene rings is 2. The zero-order valence-electron chi connectivity index (χ0n) is 16.8. The molecule has 0 amide bonds. The fourth-order valence-corrected chi connectivity index (χ4v) is 3.97. The molecule has 1 aliphatic heterocycles. The second kappa shape index (κ2) is 8.22. The molecule has 0 saturated carbocycles. The number of morpholine rings is 1. The molecule has 3 heterocycles. The highest BCUT2D eigenvalue weighted by atomic mass is 16.5. The fourth-order valence-electron chi connectivity index (χ4n) is 3.97. The maximum Gasteiger partial charge on any atom is 0.199 e. The lowest BCUT2D eigenvalue weighted by molar-refractivity contribution is 0.0323. The maximum absolute atomic E-state index is 10.6. The zero-order valence-corrected chi connectivity index (χ0v) is 16.8. The molecule has 0 radical (unpaired) electrons. The third-order valence-electron chi connectivity index (χ3n) is 5.54. The van der Waals surface area contributed by atoms with Crippen molar-refractivity contribution in [3.8, 4) is 29.0 Å². The van der Waals surface area contributed by atoms with Gasteiger partial charge in [0.1, 0.15) is 24.2 Å². The van der Waals surface area contributed by atoms with Crippen LogP contribution in [0.5, 0.6) is 11.6 Å². The smallest absolute Gasteiger partial charge is 0.199 e. The van der Waals surface area contributed by atoms with E-state index >= 15 is 0 Å². The molecular formula is C23H21N5O3. The van der Waals surface area contributed by atoms with Crippen LogP contribution in [0.1, 0.15) is 5.56 Å². The number of nitrogens with one attached hydrogen (secondary N) is 1. The molecular weight excluding hydrogens is 394 g/mol. The van der Waals surface area contributed by atoms with Gasteiger partial charge in [0.25, 0.3) is 0 Å². The number of H-pyrrole nitrogens is 1. The topological polar surface area (TPSA) is 107 Å². The van der Waals surface area contributed by atoms with E-state index in [9.17, 15) is 10.4 Å². The van der Waals surface area contributed by atoms with E-state index in [0.717, 1.165) is 49.1 Å². The number of para-hydroxylation sites is 1. The summed E-state index contributed by atoms with van der Waals surface area (Å²) in [6.45, 7) is 4.70. The third kappa shape index (κ3) is 3.65. The molecule has 1 saturated heterocycles. The van der Waals surface area contributed by atoms with Crippen LogP contribution >= 0.6 is 0 Å². The summed E-state index contributed by atoms with van der Waals surface area (Å²) in [5.41, 5.74) is 3.06. The maximum atomic E-state index is 10.6. The number of fused-ring (bicyclic) bond motifs is 2. The molecule has 156 valence electrons. The predicted octanol–water partition coefficient (Wildman–Crippen LogP) is 3.07. The van der Waals surface area contributed by atoms with Crippen LogP contribution in [0, 0.1) is 11.3 Å². The number of hydrogen-bond acceptors (Lipinski definition) is 7. The molecule has 0 unspecified atom stereocenters. The Hall–Kier alpha value is -3.67. The van der Waals surface area contributed by atoms with Gasteiger partial charge in [0.15, 0.2) is 5.88 Å². The number of aromatic amines is 1. The van der Waals surface area contributed by atoms with E-state index in [1.54, 1.807) is 18.2 Å². The van der Waals surface area contributed by atoms with Crippen LogP contribution < -0.4 is 4.74 Å². The van der Waals surface area contributed by atoms with E-state index in [1.165, 1.54) is 6.33 Å². The zero-order chi connectivity index (χ0) is 21.2. The highest BCUT2D eigenvalue weighted by molar-refractivity contribution is 6.06. The van der Waals surface area contributed by atoms with Gasteiger partial charge in [-0.05, 0) is 24.3 Å². The molecule has 0 spiro atoms. The van der Waals surface area contributed by atoms with E-state index in [4.69, 9.17) is 9.47 Å². The first-order valence-electron chi connectivity index (χ1n) is 10.2. The van der Waals surface area contributed by atoms with Gasteiger partial charge in [0.05, 0.1) is 36.1 Å². The van der Waals surface area contributed by atoms with Crippen molar-refractivity contribution in [2.75, 3.05) is 39.5 Å². The summed E-state index contributed by atoms with van der Waals surface area (Å²) >= 11 is 0. The molecule has 4 aromatic rings. The number of nitrogens with zero attached hydrogens (tertiary/aromatic N) is 4. The predicted molar refractivity (Wildman–Crippen MR) is 116 cm³/mol. The lowest BCUT2D eigenvalue weighted by Crippen LogP contribution is -2.38. The Kier molecular flexibility index (Phi) is 5.12. The molecule has 8 nitrogen and oxygen atoms in total. The summed E-state index contributed by atoms with van der Waals surface area (Å²) in [4.78, 5) is 14.2. The van der Waals surface area contributed by atoms with Gasteiger partial charge >= 0.3 is 0 Å². The van der Waals surface area contributed by atoms with Gasteiger partial charge in [-0.1, -0.05) is 12.1 Å². The van der Waals surface area contributed by atoms with Crippen LogP contribution in [0.2, 0.25) is 0 Å². The van der Waals surface area contributed by atoms with E-state index < -0.39 is 0 Å². The van der Waals surface area contributed by atoms with E-state index in [1.807, 2.05) is 18.2 Å². The van der Waals surface area contributed by atoms with E-state index in [-0.39, 0.29) is 5.88 Å². The lowest BCUT2D eigenvalue weighted by atomic mass is 10.0. The second-order valence-corrected chi connectivity index (χ2v) is 7.40. The summed E-state index contributed by atoms with van der Waals surface area (Å²) in [5.74, 6) is 0.676. The molecule has 2 N–H and O–H groups in total. The molecule has 2 aromatic carbocycles. The van der Waals surface area contributed by atoms with Crippen molar-refractivity contribution in [3.63, 3.8) is 0 Å². The molecule has 5 rings (SSSR count). The van der Waals surface area contributed by atoms with Crippen molar-refractivity contribution >= 4 is 21.8 Å². The average molecular weight is 415 g/mol. The number of aromatic hydroxyl groups is 1. The number of aromatic nitrogens is 3. The van der Waals surface area contributed by atoms with Crippen molar-refractivity contribution in [1.82, 2.24) is 19.9 Å². The molecule has 0 bridgehead atoms. The van der Waals surface area contributed by atoms with Crippen LogP contribution in [-0.2, 0) is 4.74 Å². The summed E-state index contributed by atoms with van der Waals surface area (Å²) in [7, 11) is 0. The third-order valence-corrected chi connectivity index (χ3v) is 5.54. The van der Waals surface area contributed by atoms with Crippen molar-refractivity contribution in [2.24, 2.45) is 0 Å². The van der Waals surface area contributed by atoms with Crippen molar-refractivity contribution < 1.29 is 14.6 Å². The highest BCUT2D eigenvalue weighted by Gasteiger charge is 2.19. The minimum absolute atomic E-state index is 0.00345. The molecule has 0 atom stereocenters. The second-order valence-electron chi connectivity index (χ2n) is 7.40. The number of hydrogen-bond donors (Lipinski definition) is 2. The summed E-state index contributed by atoms with van der Waals surface area (Å²) in [5, 5.41) is 21.4. The van der Waals surface area contributed by atoms with Gasteiger partial charge in [-0.2, -0.15) is 5.26 Å². The van der Waals surface area contributed by atoms with Gasteiger partial charge < -0.3 is 19.6 Å². The van der Waals surface area contributed by atoms with Gasteiger partial charge in [0.2, 0.25) is 0 Å².